The summed E-state index contributed by atoms with van der Waals surface area (Å²) >= 11 is 0. The van der Waals surface area contributed by atoms with Crippen molar-refractivity contribution in [3.8, 4) is 0 Å². The molecule has 0 atom stereocenters. The van der Waals surface area contributed by atoms with Gasteiger partial charge >= 0.3 is 6.03 Å². The third kappa shape index (κ3) is 6.89. The molecule has 0 aliphatic rings. The van der Waals surface area contributed by atoms with Gasteiger partial charge in [-0.15, -0.1) is 0 Å². The fourth-order valence-corrected chi connectivity index (χ4v) is 1.69. The van der Waals surface area contributed by atoms with Crippen molar-refractivity contribution in [1.82, 2.24) is 15.6 Å². The third-order valence-electron chi connectivity index (χ3n) is 2.76. The van der Waals surface area contributed by atoms with E-state index in [4.69, 9.17) is 0 Å². The molecule has 100 valence electrons. The zero-order valence-electron chi connectivity index (χ0n) is 11.1. The van der Waals surface area contributed by atoms with Crippen LogP contribution in [0.4, 0.5) is 4.79 Å². The molecule has 0 bridgehead atoms. The monoisotopic (exact) mass is 249 g/mol. The molecule has 0 saturated heterocycles. The highest BCUT2D eigenvalue weighted by molar-refractivity contribution is 5.73. The van der Waals surface area contributed by atoms with Gasteiger partial charge < -0.3 is 10.6 Å². The lowest BCUT2D eigenvalue weighted by atomic mass is 10.2. The molecule has 0 unspecified atom stereocenters. The maximum atomic E-state index is 11.4. The zero-order valence-corrected chi connectivity index (χ0v) is 11.1. The number of nitrogens with one attached hydrogen (secondary N) is 2. The van der Waals surface area contributed by atoms with Crippen LogP contribution in [0, 0.1) is 0 Å². The Morgan fingerprint density at radius 1 is 1.11 bits per heavy atom. The van der Waals surface area contributed by atoms with Crippen LogP contribution >= 0.6 is 0 Å². The lowest BCUT2D eigenvalue weighted by Crippen LogP contribution is -2.37. The van der Waals surface area contributed by atoms with Crippen LogP contribution in [0.15, 0.2) is 24.5 Å². The van der Waals surface area contributed by atoms with Crippen LogP contribution < -0.4 is 10.6 Å². The van der Waals surface area contributed by atoms with E-state index >= 15 is 0 Å². The highest BCUT2D eigenvalue weighted by Gasteiger charge is 1.98. The van der Waals surface area contributed by atoms with Crippen molar-refractivity contribution in [3.63, 3.8) is 0 Å². The number of hydrogen-bond acceptors (Lipinski definition) is 2. The Balaban J connectivity index is 2.00. The lowest BCUT2D eigenvalue weighted by Gasteiger charge is -2.07. The zero-order chi connectivity index (χ0) is 13.1. The molecule has 2 amide bonds. The summed E-state index contributed by atoms with van der Waals surface area (Å²) in [6, 6.07) is 3.86. The molecule has 0 spiro atoms. The second kappa shape index (κ2) is 9.45. The predicted molar refractivity (Wildman–Crippen MR) is 73.5 cm³/mol. The van der Waals surface area contributed by atoms with Gasteiger partial charge in [0.2, 0.25) is 0 Å². The first-order chi connectivity index (χ1) is 8.83. The highest BCUT2D eigenvalue weighted by atomic mass is 16.2. The summed E-state index contributed by atoms with van der Waals surface area (Å²) in [5, 5.41) is 5.72. The van der Waals surface area contributed by atoms with Crippen LogP contribution in [-0.4, -0.2) is 24.1 Å². The standard InChI is InChI=1S/C14H23N3O/c1-2-3-4-5-9-16-14(18)17-12-8-13-6-10-15-11-7-13/h6-7,10-11H,2-5,8-9,12H2,1H3,(H2,16,17,18). The SMILES string of the molecule is CCCCCCNC(=O)NCCc1ccncc1. The number of amides is 2. The maximum absolute atomic E-state index is 11.4. The fourth-order valence-electron chi connectivity index (χ4n) is 1.69. The van der Waals surface area contributed by atoms with E-state index in [9.17, 15) is 4.79 Å². The molecule has 4 heteroatoms. The van der Waals surface area contributed by atoms with Crippen LogP contribution in [0.25, 0.3) is 0 Å². The molecule has 1 aromatic heterocycles. The first-order valence-corrected chi connectivity index (χ1v) is 6.73. The van der Waals surface area contributed by atoms with E-state index < -0.39 is 0 Å². The predicted octanol–water partition coefficient (Wildman–Crippen LogP) is 2.50. The van der Waals surface area contributed by atoms with Gasteiger partial charge in [-0.05, 0) is 30.5 Å². The summed E-state index contributed by atoms with van der Waals surface area (Å²) in [5.74, 6) is 0. The number of hydrogen-bond donors (Lipinski definition) is 2. The number of nitrogens with zero attached hydrogens (tertiary/aromatic N) is 1. The molecule has 4 nitrogen and oxygen atoms in total. The van der Waals surface area contributed by atoms with E-state index in [-0.39, 0.29) is 6.03 Å². The minimum atomic E-state index is -0.0689. The van der Waals surface area contributed by atoms with Crippen LogP contribution in [0.3, 0.4) is 0 Å². The number of aromatic nitrogens is 1. The first-order valence-electron chi connectivity index (χ1n) is 6.73. The van der Waals surface area contributed by atoms with Crippen molar-refractivity contribution in [2.75, 3.05) is 13.1 Å². The number of urea groups is 1. The molecule has 0 aliphatic heterocycles. The van der Waals surface area contributed by atoms with Gasteiger partial charge in [0.25, 0.3) is 0 Å². The van der Waals surface area contributed by atoms with Crippen LogP contribution in [0.5, 0.6) is 0 Å². The van der Waals surface area contributed by atoms with Gasteiger partial charge in [0.05, 0.1) is 0 Å². The molecule has 0 aliphatic carbocycles. The van der Waals surface area contributed by atoms with Crippen molar-refractivity contribution in [2.45, 2.75) is 39.0 Å². The summed E-state index contributed by atoms with van der Waals surface area (Å²) in [4.78, 5) is 15.4. The largest absolute Gasteiger partial charge is 0.338 e. The van der Waals surface area contributed by atoms with Crippen molar-refractivity contribution < 1.29 is 4.79 Å². The third-order valence-corrected chi connectivity index (χ3v) is 2.76. The number of carbonyl (C=O) groups excluding carboxylic acids is 1. The van der Waals surface area contributed by atoms with Gasteiger partial charge in [0.1, 0.15) is 0 Å². The Bertz CT molecular complexity index is 327. The van der Waals surface area contributed by atoms with Crippen LogP contribution in [0.1, 0.15) is 38.2 Å². The fraction of sp³-hybridized carbons (Fsp3) is 0.571. The summed E-state index contributed by atoms with van der Waals surface area (Å²) in [6.45, 7) is 3.60. The van der Waals surface area contributed by atoms with Crippen molar-refractivity contribution >= 4 is 6.03 Å². The Labute approximate surface area is 109 Å². The quantitative estimate of drug-likeness (QED) is 0.695. The molecule has 1 rings (SSSR count). The lowest BCUT2D eigenvalue weighted by molar-refractivity contribution is 0.241. The topological polar surface area (TPSA) is 54.0 Å². The summed E-state index contributed by atoms with van der Waals surface area (Å²) < 4.78 is 0. The second-order valence-corrected chi connectivity index (χ2v) is 4.35. The Kier molecular flexibility index (Phi) is 7.60. The van der Waals surface area contributed by atoms with Crippen LogP contribution in [0.2, 0.25) is 0 Å². The molecule has 18 heavy (non-hydrogen) atoms. The van der Waals surface area contributed by atoms with Gasteiger partial charge in [-0.1, -0.05) is 26.2 Å². The van der Waals surface area contributed by atoms with E-state index in [0.29, 0.717) is 6.54 Å². The minimum Gasteiger partial charge on any atom is -0.338 e. The van der Waals surface area contributed by atoms with Gasteiger partial charge in [-0.2, -0.15) is 0 Å². The molecule has 0 fully saturated rings. The van der Waals surface area contributed by atoms with Gasteiger partial charge in [0.15, 0.2) is 0 Å². The van der Waals surface area contributed by atoms with E-state index in [1.165, 1.54) is 24.8 Å². The number of rotatable bonds is 8. The summed E-state index contributed by atoms with van der Waals surface area (Å²) in [5.41, 5.74) is 1.19. The molecule has 0 aromatic carbocycles. The highest BCUT2D eigenvalue weighted by Crippen LogP contribution is 1.97. The number of carbonyl (C=O) groups is 1. The van der Waals surface area contributed by atoms with E-state index in [1.54, 1.807) is 12.4 Å². The Hall–Kier alpha value is -1.58. The Morgan fingerprint density at radius 3 is 2.56 bits per heavy atom. The summed E-state index contributed by atoms with van der Waals surface area (Å²) in [7, 11) is 0. The minimum absolute atomic E-state index is 0.0689. The van der Waals surface area contributed by atoms with Gasteiger partial charge in [-0.3, -0.25) is 4.98 Å². The summed E-state index contributed by atoms with van der Waals surface area (Å²) in [6.07, 6.45) is 9.08. The normalized spacial score (nSPS) is 10.1. The molecular weight excluding hydrogens is 226 g/mol. The van der Waals surface area contributed by atoms with Gasteiger partial charge in [-0.25, -0.2) is 4.79 Å². The second-order valence-electron chi connectivity index (χ2n) is 4.35. The molecule has 2 N–H and O–H groups in total. The van der Waals surface area contributed by atoms with Gasteiger partial charge in [0, 0.05) is 25.5 Å². The average Bonchev–Trinajstić information content (AvgIpc) is 2.40. The Morgan fingerprint density at radius 2 is 1.83 bits per heavy atom. The smallest absolute Gasteiger partial charge is 0.314 e. The molecular formula is C14H23N3O. The van der Waals surface area contributed by atoms with Crippen LogP contribution in [-0.2, 0) is 6.42 Å². The first kappa shape index (κ1) is 14.5. The number of pyridine rings is 1. The van der Waals surface area contributed by atoms with Crippen molar-refractivity contribution in [1.29, 1.82) is 0 Å². The molecule has 1 aromatic rings. The molecule has 0 radical (unpaired) electrons. The van der Waals surface area contributed by atoms with E-state index in [0.717, 1.165) is 19.4 Å². The molecule has 1 heterocycles. The average molecular weight is 249 g/mol. The van der Waals surface area contributed by atoms with Crippen molar-refractivity contribution in [3.05, 3.63) is 30.1 Å². The van der Waals surface area contributed by atoms with E-state index in [2.05, 4.69) is 22.5 Å². The van der Waals surface area contributed by atoms with Crippen molar-refractivity contribution in [2.24, 2.45) is 0 Å². The number of unbranched alkanes of at least 4 members (excludes halogenated alkanes) is 3. The van der Waals surface area contributed by atoms with E-state index in [1.807, 2.05) is 12.1 Å². The molecule has 0 saturated carbocycles. The maximum Gasteiger partial charge on any atom is 0.314 e.